The summed E-state index contributed by atoms with van der Waals surface area (Å²) in [5.41, 5.74) is 5.40. The topological polar surface area (TPSA) is 62.2 Å². The molecule has 0 bridgehead atoms. The zero-order valence-corrected chi connectivity index (χ0v) is 20.4. The number of pyridine rings is 1. The van der Waals surface area contributed by atoms with E-state index in [4.69, 9.17) is 12.2 Å². The van der Waals surface area contributed by atoms with E-state index in [1.807, 2.05) is 54.7 Å². The van der Waals surface area contributed by atoms with Crippen molar-refractivity contribution in [3.05, 3.63) is 83.4 Å². The largest absolute Gasteiger partial charge is 0.352 e. The van der Waals surface area contributed by atoms with Crippen LogP contribution in [-0.4, -0.2) is 32.0 Å². The van der Waals surface area contributed by atoms with Crippen LogP contribution in [-0.2, 0) is 4.79 Å². The molecule has 3 aromatic rings. The van der Waals surface area contributed by atoms with Crippen LogP contribution in [0, 0.1) is 13.8 Å². The lowest BCUT2D eigenvalue weighted by Crippen LogP contribution is -2.33. The number of thiocarbonyl (C=S) groups is 1. The molecule has 1 fully saturated rings. The van der Waals surface area contributed by atoms with Gasteiger partial charge in [0.15, 0.2) is 5.11 Å². The van der Waals surface area contributed by atoms with Gasteiger partial charge in [0.2, 0.25) is 5.91 Å². The third-order valence-corrected chi connectivity index (χ3v) is 6.55. The number of aromatic nitrogens is 2. The lowest BCUT2D eigenvalue weighted by Gasteiger charge is -2.28. The zero-order chi connectivity index (χ0) is 23.5. The minimum absolute atomic E-state index is 0.0308. The predicted molar refractivity (Wildman–Crippen MR) is 136 cm³/mol. The highest BCUT2D eigenvalue weighted by Crippen LogP contribution is 2.41. The molecule has 4 rings (SSSR count). The van der Waals surface area contributed by atoms with Gasteiger partial charge in [0.25, 0.3) is 0 Å². The standard InChI is InChI=1S/C26H31N5OS/c1-17(2)31-18(3)16-21(19(31)4)25-24(22-12-8-9-14-27-22)29-26(33)30(25)15-13-23(32)28-20-10-6-5-7-11-20/h5-12,14,16-17,24-25H,13,15H2,1-4H3,(H,28,32)(H,29,33)/t24-,25+/m1/s1. The van der Waals surface area contributed by atoms with E-state index < -0.39 is 0 Å². The molecular formula is C26H31N5OS. The highest BCUT2D eigenvalue weighted by molar-refractivity contribution is 7.80. The Morgan fingerprint density at radius 2 is 1.88 bits per heavy atom. The second kappa shape index (κ2) is 9.75. The molecule has 1 aliphatic heterocycles. The highest BCUT2D eigenvalue weighted by atomic mass is 32.1. The molecule has 1 amide bonds. The Balaban J connectivity index is 1.63. The molecule has 2 atom stereocenters. The number of benzene rings is 1. The first-order valence-electron chi connectivity index (χ1n) is 11.4. The van der Waals surface area contributed by atoms with Crippen molar-refractivity contribution in [2.75, 3.05) is 11.9 Å². The summed E-state index contributed by atoms with van der Waals surface area (Å²) < 4.78 is 2.35. The van der Waals surface area contributed by atoms with E-state index >= 15 is 0 Å². The number of carbonyl (C=O) groups excluding carboxylic acids is 1. The van der Waals surface area contributed by atoms with E-state index in [9.17, 15) is 4.79 Å². The maximum atomic E-state index is 12.7. The summed E-state index contributed by atoms with van der Waals surface area (Å²) in [7, 11) is 0. The third-order valence-electron chi connectivity index (χ3n) is 6.19. The molecule has 0 unspecified atom stereocenters. The number of carbonyl (C=O) groups is 1. The second-order valence-electron chi connectivity index (χ2n) is 8.77. The van der Waals surface area contributed by atoms with E-state index in [1.54, 1.807) is 0 Å². The Kier molecular flexibility index (Phi) is 6.79. The fourth-order valence-corrected chi connectivity index (χ4v) is 5.18. The average molecular weight is 462 g/mol. The van der Waals surface area contributed by atoms with Crippen molar-refractivity contribution >= 4 is 28.9 Å². The summed E-state index contributed by atoms with van der Waals surface area (Å²) in [6.45, 7) is 9.22. The minimum Gasteiger partial charge on any atom is -0.352 e. The van der Waals surface area contributed by atoms with Gasteiger partial charge in [-0.3, -0.25) is 9.78 Å². The quantitative estimate of drug-likeness (QED) is 0.481. The van der Waals surface area contributed by atoms with Crippen LogP contribution in [0.15, 0.2) is 60.8 Å². The maximum absolute atomic E-state index is 12.7. The normalized spacial score (nSPS) is 18.0. The van der Waals surface area contributed by atoms with Gasteiger partial charge in [-0.2, -0.15) is 0 Å². The van der Waals surface area contributed by atoms with Crippen LogP contribution in [0.5, 0.6) is 0 Å². The number of nitrogens with one attached hydrogen (secondary N) is 2. The summed E-state index contributed by atoms with van der Waals surface area (Å²) in [5, 5.41) is 7.10. The van der Waals surface area contributed by atoms with Crippen molar-refractivity contribution in [2.45, 2.75) is 52.2 Å². The number of hydrogen-bond acceptors (Lipinski definition) is 3. The highest BCUT2D eigenvalue weighted by Gasteiger charge is 2.41. The van der Waals surface area contributed by atoms with Gasteiger partial charge in [0.05, 0.1) is 17.8 Å². The lowest BCUT2D eigenvalue weighted by molar-refractivity contribution is -0.116. The molecule has 0 spiro atoms. The molecule has 3 heterocycles. The third kappa shape index (κ3) is 4.78. The molecule has 1 aliphatic rings. The number of para-hydroxylation sites is 1. The Bertz CT molecular complexity index is 1130. The number of nitrogens with zero attached hydrogens (tertiary/aromatic N) is 3. The molecule has 33 heavy (non-hydrogen) atoms. The van der Waals surface area contributed by atoms with E-state index in [1.165, 1.54) is 17.0 Å². The number of anilines is 1. The fraction of sp³-hybridized carbons (Fsp3) is 0.346. The van der Waals surface area contributed by atoms with Gasteiger partial charge < -0.3 is 20.1 Å². The van der Waals surface area contributed by atoms with Gasteiger partial charge in [0, 0.05) is 42.3 Å². The SMILES string of the molecule is Cc1cc([C@H]2[C@@H](c3ccccn3)NC(=S)N2CCC(=O)Nc2ccccc2)c(C)n1C(C)C. The average Bonchev–Trinajstić information content (AvgIpc) is 3.28. The first kappa shape index (κ1) is 23.0. The summed E-state index contributed by atoms with van der Waals surface area (Å²) in [5.74, 6) is -0.0308. The number of aryl methyl sites for hydroxylation is 1. The van der Waals surface area contributed by atoms with E-state index in [2.05, 4.69) is 58.8 Å². The van der Waals surface area contributed by atoms with E-state index in [-0.39, 0.29) is 18.0 Å². The lowest BCUT2D eigenvalue weighted by atomic mass is 9.96. The molecule has 1 saturated heterocycles. The van der Waals surface area contributed by atoms with Crippen LogP contribution >= 0.6 is 12.2 Å². The number of amides is 1. The molecule has 0 saturated carbocycles. The van der Waals surface area contributed by atoms with Crippen molar-refractivity contribution < 1.29 is 4.79 Å². The number of hydrogen-bond donors (Lipinski definition) is 2. The number of rotatable bonds is 7. The van der Waals surface area contributed by atoms with Gasteiger partial charge in [-0.25, -0.2) is 0 Å². The molecule has 0 radical (unpaired) electrons. The molecule has 6 nitrogen and oxygen atoms in total. The Hall–Kier alpha value is -3.19. The molecule has 1 aromatic carbocycles. The van der Waals surface area contributed by atoms with Gasteiger partial charge in [-0.05, 0) is 75.8 Å². The van der Waals surface area contributed by atoms with Gasteiger partial charge >= 0.3 is 0 Å². The van der Waals surface area contributed by atoms with Crippen LogP contribution in [0.3, 0.4) is 0 Å². The fourth-order valence-electron chi connectivity index (χ4n) is 4.85. The molecule has 7 heteroatoms. The zero-order valence-electron chi connectivity index (χ0n) is 19.6. The van der Waals surface area contributed by atoms with Crippen LogP contribution in [0.4, 0.5) is 5.69 Å². The first-order chi connectivity index (χ1) is 15.9. The van der Waals surface area contributed by atoms with Crippen LogP contribution in [0.2, 0.25) is 0 Å². The van der Waals surface area contributed by atoms with Gasteiger partial charge in [-0.1, -0.05) is 24.3 Å². The molecule has 2 aromatic heterocycles. The van der Waals surface area contributed by atoms with Gasteiger partial charge in [0.1, 0.15) is 0 Å². The maximum Gasteiger partial charge on any atom is 0.226 e. The summed E-state index contributed by atoms with van der Waals surface area (Å²) in [6, 6.07) is 18.0. The Labute approximate surface area is 201 Å². The van der Waals surface area contributed by atoms with Crippen molar-refractivity contribution in [3.63, 3.8) is 0 Å². The smallest absolute Gasteiger partial charge is 0.226 e. The van der Waals surface area contributed by atoms with Crippen LogP contribution < -0.4 is 10.6 Å². The minimum atomic E-state index is -0.0861. The first-order valence-corrected chi connectivity index (χ1v) is 11.8. The van der Waals surface area contributed by atoms with E-state index in [0.717, 1.165) is 11.4 Å². The van der Waals surface area contributed by atoms with E-state index in [0.29, 0.717) is 24.1 Å². The Morgan fingerprint density at radius 1 is 1.15 bits per heavy atom. The van der Waals surface area contributed by atoms with Crippen LogP contribution in [0.25, 0.3) is 0 Å². The van der Waals surface area contributed by atoms with Gasteiger partial charge in [-0.15, -0.1) is 0 Å². The van der Waals surface area contributed by atoms with Crippen molar-refractivity contribution in [2.24, 2.45) is 0 Å². The molecular weight excluding hydrogens is 430 g/mol. The van der Waals surface area contributed by atoms with Crippen molar-refractivity contribution in [3.8, 4) is 0 Å². The van der Waals surface area contributed by atoms with Crippen molar-refractivity contribution in [1.82, 2.24) is 19.8 Å². The Morgan fingerprint density at radius 3 is 2.52 bits per heavy atom. The summed E-state index contributed by atoms with van der Waals surface area (Å²) in [6.07, 6.45) is 2.15. The summed E-state index contributed by atoms with van der Waals surface area (Å²) in [4.78, 5) is 19.4. The monoisotopic (exact) mass is 461 g/mol. The summed E-state index contributed by atoms with van der Waals surface area (Å²) >= 11 is 5.76. The molecule has 172 valence electrons. The van der Waals surface area contributed by atoms with Crippen LogP contribution in [0.1, 0.15) is 61.0 Å². The predicted octanol–water partition coefficient (Wildman–Crippen LogP) is 5.08. The molecule has 2 N–H and O–H groups in total. The second-order valence-corrected chi connectivity index (χ2v) is 9.16. The molecule has 0 aliphatic carbocycles. The van der Waals surface area contributed by atoms with Crippen molar-refractivity contribution in [1.29, 1.82) is 0 Å².